The number of fused-ring (bicyclic) bond motifs is 1. The van der Waals surface area contributed by atoms with Gasteiger partial charge in [-0.25, -0.2) is 0 Å². The van der Waals surface area contributed by atoms with Crippen LogP contribution in [0.25, 0.3) is 0 Å². The monoisotopic (exact) mass is 406 g/mol. The number of hydrogen-bond acceptors (Lipinski definition) is 4. The lowest BCUT2D eigenvalue weighted by atomic mass is 10.0. The number of nitrogens with zero attached hydrogens (tertiary/aromatic N) is 2. The molecule has 0 bridgehead atoms. The van der Waals surface area contributed by atoms with Crippen LogP contribution in [0.5, 0.6) is 11.5 Å². The topological polar surface area (TPSA) is 59.1 Å². The Hall–Kier alpha value is -3.02. The maximum atomic E-state index is 13.4. The molecule has 0 unspecified atom stereocenters. The lowest BCUT2D eigenvalue weighted by Gasteiger charge is -2.27. The molecule has 3 heterocycles. The molecule has 2 saturated heterocycles. The van der Waals surface area contributed by atoms with Gasteiger partial charge in [-0.2, -0.15) is 0 Å². The number of hydrogen-bond donors (Lipinski definition) is 0. The zero-order valence-corrected chi connectivity index (χ0v) is 17.0. The lowest BCUT2D eigenvalue weighted by molar-refractivity contribution is -0.128. The number of benzene rings is 2. The van der Waals surface area contributed by atoms with E-state index in [9.17, 15) is 9.59 Å². The summed E-state index contributed by atoms with van der Waals surface area (Å²) in [7, 11) is 0. The van der Waals surface area contributed by atoms with Crippen LogP contribution in [0.15, 0.2) is 42.5 Å². The van der Waals surface area contributed by atoms with Gasteiger partial charge in [0.1, 0.15) is 13.2 Å². The third kappa shape index (κ3) is 3.62. The fourth-order valence-corrected chi connectivity index (χ4v) is 4.68. The Morgan fingerprint density at radius 1 is 1.00 bits per heavy atom. The van der Waals surface area contributed by atoms with E-state index in [1.165, 1.54) is 0 Å². The number of ether oxygens (including phenoxy) is 2. The summed E-state index contributed by atoms with van der Waals surface area (Å²) in [5.74, 6) is 1.77. The fourth-order valence-electron chi connectivity index (χ4n) is 4.68. The zero-order valence-electron chi connectivity index (χ0n) is 17.0. The largest absolute Gasteiger partial charge is 0.486 e. The molecule has 3 aliphatic rings. The first-order chi connectivity index (χ1) is 14.7. The molecule has 2 aromatic carbocycles. The first-order valence-electron chi connectivity index (χ1n) is 10.8. The molecule has 2 aromatic rings. The standard InChI is InChI=1S/C24H26N2O4/c27-23-7-3-10-25(23)16-17-4-1-5-19(14-17)24(28)26-11-2-6-20(26)18-8-9-21-22(15-18)30-13-12-29-21/h1,4-5,8-9,14-15,20H,2-3,6-7,10-13,16H2/t20-/m1/s1. The van der Waals surface area contributed by atoms with Gasteiger partial charge in [-0.15, -0.1) is 0 Å². The summed E-state index contributed by atoms with van der Waals surface area (Å²) < 4.78 is 11.4. The van der Waals surface area contributed by atoms with E-state index < -0.39 is 0 Å². The van der Waals surface area contributed by atoms with Crippen LogP contribution in [0.2, 0.25) is 0 Å². The molecule has 2 amide bonds. The maximum absolute atomic E-state index is 13.4. The van der Waals surface area contributed by atoms with Crippen LogP contribution < -0.4 is 9.47 Å². The van der Waals surface area contributed by atoms with Gasteiger partial charge in [0.2, 0.25) is 5.91 Å². The number of carbonyl (C=O) groups is 2. The minimum atomic E-state index is 0.0390. The molecule has 6 nitrogen and oxygen atoms in total. The molecule has 5 rings (SSSR count). The first kappa shape index (κ1) is 19.0. The molecule has 0 aliphatic carbocycles. The summed E-state index contributed by atoms with van der Waals surface area (Å²) in [6.45, 7) is 3.24. The molecule has 6 heteroatoms. The van der Waals surface area contributed by atoms with Crippen LogP contribution in [0.3, 0.4) is 0 Å². The summed E-state index contributed by atoms with van der Waals surface area (Å²) >= 11 is 0. The molecular weight excluding hydrogens is 380 g/mol. The average molecular weight is 406 g/mol. The predicted molar refractivity (Wildman–Crippen MR) is 112 cm³/mol. The predicted octanol–water partition coefficient (Wildman–Crippen LogP) is 3.56. The number of amides is 2. The van der Waals surface area contributed by atoms with Crippen molar-refractivity contribution in [2.45, 2.75) is 38.3 Å². The van der Waals surface area contributed by atoms with E-state index in [1.807, 2.05) is 52.3 Å². The highest BCUT2D eigenvalue weighted by atomic mass is 16.6. The molecule has 156 valence electrons. The van der Waals surface area contributed by atoms with Gasteiger partial charge in [0.05, 0.1) is 6.04 Å². The number of likely N-dealkylation sites (tertiary alicyclic amines) is 2. The summed E-state index contributed by atoms with van der Waals surface area (Å²) in [4.78, 5) is 29.1. The van der Waals surface area contributed by atoms with Crippen molar-refractivity contribution >= 4 is 11.8 Å². The summed E-state index contributed by atoms with van der Waals surface area (Å²) in [6.07, 6.45) is 3.46. The summed E-state index contributed by atoms with van der Waals surface area (Å²) in [5.41, 5.74) is 2.78. The van der Waals surface area contributed by atoms with Gasteiger partial charge in [-0.1, -0.05) is 18.2 Å². The normalized spacial score (nSPS) is 20.7. The third-order valence-corrected chi connectivity index (χ3v) is 6.18. The molecule has 0 saturated carbocycles. The molecule has 0 spiro atoms. The molecule has 2 fully saturated rings. The van der Waals surface area contributed by atoms with Crippen LogP contribution >= 0.6 is 0 Å². The second-order valence-corrected chi connectivity index (χ2v) is 8.18. The lowest BCUT2D eigenvalue weighted by Crippen LogP contribution is -2.31. The van der Waals surface area contributed by atoms with Gasteiger partial charge in [0.25, 0.3) is 5.91 Å². The Bertz CT molecular complexity index is 973. The van der Waals surface area contributed by atoms with Crippen LogP contribution in [0, 0.1) is 0 Å². The Kier molecular flexibility index (Phi) is 5.07. The maximum Gasteiger partial charge on any atom is 0.254 e. The Morgan fingerprint density at radius 3 is 2.70 bits per heavy atom. The van der Waals surface area contributed by atoms with Gasteiger partial charge >= 0.3 is 0 Å². The van der Waals surface area contributed by atoms with Crippen LogP contribution in [-0.4, -0.2) is 47.9 Å². The van der Waals surface area contributed by atoms with Crippen LogP contribution in [0.4, 0.5) is 0 Å². The van der Waals surface area contributed by atoms with E-state index in [1.54, 1.807) is 0 Å². The van der Waals surface area contributed by atoms with E-state index in [-0.39, 0.29) is 17.9 Å². The van der Waals surface area contributed by atoms with Gasteiger partial charge in [0.15, 0.2) is 11.5 Å². The highest BCUT2D eigenvalue weighted by Crippen LogP contribution is 2.38. The molecule has 0 aromatic heterocycles. The Morgan fingerprint density at radius 2 is 1.87 bits per heavy atom. The van der Waals surface area contributed by atoms with Crippen molar-refractivity contribution in [1.29, 1.82) is 0 Å². The molecule has 3 aliphatic heterocycles. The van der Waals surface area contributed by atoms with Gasteiger partial charge in [-0.05, 0) is 54.7 Å². The number of rotatable bonds is 4. The number of carbonyl (C=O) groups excluding carboxylic acids is 2. The molecule has 0 N–H and O–H groups in total. The van der Waals surface area contributed by atoms with Crippen molar-refractivity contribution in [2.24, 2.45) is 0 Å². The van der Waals surface area contributed by atoms with Crippen molar-refractivity contribution in [3.05, 3.63) is 59.2 Å². The van der Waals surface area contributed by atoms with Crippen LogP contribution in [-0.2, 0) is 11.3 Å². The SMILES string of the molecule is O=C1CCCN1Cc1cccc(C(=O)N2CCC[C@@H]2c2ccc3c(c2)OCCO3)c1. The van der Waals surface area contributed by atoms with Gasteiger partial charge in [0, 0.05) is 31.6 Å². The van der Waals surface area contributed by atoms with E-state index in [0.29, 0.717) is 31.7 Å². The highest BCUT2D eigenvalue weighted by Gasteiger charge is 2.31. The fraction of sp³-hybridized carbons (Fsp3) is 0.417. The van der Waals surface area contributed by atoms with E-state index in [2.05, 4.69) is 0 Å². The molecular formula is C24H26N2O4. The smallest absolute Gasteiger partial charge is 0.254 e. The molecule has 1 atom stereocenters. The van der Waals surface area contributed by atoms with E-state index in [0.717, 1.165) is 55.0 Å². The second kappa shape index (κ2) is 8.01. The Balaban J connectivity index is 1.35. The first-order valence-corrected chi connectivity index (χ1v) is 10.8. The van der Waals surface area contributed by atoms with Crippen molar-refractivity contribution < 1.29 is 19.1 Å². The van der Waals surface area contributed by atoms with Crippen molar-refractivity contribution in [2.75, 3.05) is 26.3 Å². The van der Waals surface area contributed by atoms with Crippen LogP contribution in [0.1, 0.15) is 53.2 Å². The van der Waals surface area contributed by atoms with Crippen molar-refractivity contribution in [3.63, 3.8) is 0 Å². The quantitative estimate of drug-likeness (QED) is 0.779. The highest BCUT2D eigenvalue weighted by molar-refractivity contribution is 5.95. The summed E-state index contributed by atoms with van der Waals surface area (Å²) in [6, 6.07) is 13.8. The minimum absolute atomic E-state index is 0.0390. The van der Waals surface area contributed by atoms with Gasteiger partial charge in [-0.3, -0.25) is 9.59 Å². The van der Waals surface area contributed by atoms with E-state index in [4.69, 9.17) is 9.47 Å². The molecule has 0 radical (unpaired) electrons. The second-order valence-electron chi connectivity index (χ2n) is 8.18. The molecule has 30 heavy (non-hydrogen) atoms. The van der Waals surface area contributed by atoms with E-state index >= 15 is 0 Å². The minimum Gasteiger partial charge on any atom is -0.486 e. The van der Waals surface area contributed by atoms with Gasteiger partial charge < -0.3 is 19.3 Å². The Labute approximate surface area is 176 Å². The van der Waals surface area contributed by atoms with Crippen molar-refractivity contribution in [1.82, 2.24) is 9.80 Å². The average Bonchev–Trinajstić information content (AvgIpc) is 3.42. The zero-order chi connectivity index (χ0) is 20.5. The van der Waals surface area contributed by atoms with Crippen molar-refractivity contribution in [3.8, 4) is 11.5 Å². The third-order valence-electron chi connectivity index (χ3n) is 6.18. The summed E-state index contributed by atoms with van der Waals surface area (Å²) in [5, 5.41) is 0.